The minimum atomic E-state index is -1.08. The van der Waals surface area contributed by atoms with E-state index in [9.17, 15) is 9.18 Å². The number of carboxylic acids is 1. The van der Waals surface area contributed by atoms with Gasteiger partial charge in [0.25, 0.3) is 0 Å². The largest absolute Gasteiger partial charge is 0.480 e. The Morgan fingerprint density at radius 1 is 1.58 bits per heavy atom. The highest BCUT2D eigenvalue weighted by molar-refractivity contribution is 6.31. The van der Waals surface area contributed by atoms with Gasteiger partial charge in [0, 0.05) is 17.0 Å². The molecule has 0 radical (unpaired) electrons. The Labute approximate surface area is 112 Å². The second-order valence-electron chi connectivity index (χ2n) is 3.93. The number of carbonyl (C=O) groups is 1. The monoisotopic (exact) mass is 284 g/mol. The third kappa shape index (κ3) is 2.70. The van der Waals surface area contributed by atoms with Crippen LogP contribution in [0.15, 0.2) is 18.2 Å². The van der Waals surface area contributed by atoms with Crippen molar-refractivity contribution < 1.29 is 14.3 Å². The topological polar surface area (TPSA) is 80.9 Å². The van der Waals surface area contributed by atoms with Gasteiger partial charge in [0.1, 0.15) is 11.9 Å². The molecule has 6 nitrogen and oxygen atoms in total. The van der Waals surface area contributed by atoms with Crippen LogP contribution in [-0.2, 0) is 11.2 Å². The van der Waals surface area contributed by atoms with Crippen molar-refractivity contribution in [3.8, 4) is 0 Å². The first-order valence-electron chi connectivity index (χ1n) is 5.43. The van der Waals surface area contributed by atoms with Gasteiger partial charge in [-0.3, -0.25) is 0 Å². The molecule has 1 unspecified atom stereocenters. The molecule has 1 atom stereocenters. The van der Waals surface area contributed by atoms with Crippen LogP contribution in [-0.4, -0.2) is 31.3 Å². The molecule has 0 saturated heterocycles. The molecule has 1 aromatic heterocycles. The molecule has 0 bridgehead atoms. The minimum Gasteiger partial charge on any atom is -0.480 e. The van der Waals surface area contributed by atoms with Crippen LogP contribution in [0.5, 0.6) is 0 Å². The Kier molecular flexibility index (Phi) is 3.75. The van der Waals surface area contributed by atoms with E-state index in [0.29, 0.717) is 0 Å². The van der Waals surface area contributed by atoms with Gasteiger partial charge in [0.15, 0.2) is 5.82 Å². The highest BCUT2D eigenvalue weighted by atomic mass is 35.5. The number of tetrazole rings is 1. The maximum Gasteiger partial charge on any atom is 0.328 e. The summed E-state index contributed by atoms with van der Waals surface area (Å²) < 4.78 is 14.8. The first-order valence-corrected chi connectivity index (χ1v) is 5.81. The lowest BCUT2D eigenvalue weighted by Gasteiger charge is -2.09. The number of hydrogen-bond donors (Lipinski definition) is 1. The minimum absolute atomic E-state index is 0.0239. The van der Waals surface area contributed by atoms with Gasteiger partial charge in [0.2, 0.25) is 0 Å². The molecule has 0 aliphatic carbocycles. The quantitative estimate of drug-likeness (QED) is 0.924. The van der Waals surface area contributed by atoms with Gasteiger partial charge >= 0.3 is 5.97 Å². The van der Waals surface area contributed by atoms with Gasteiger partial charge in [-0.2, -0.15) is 0 Å². The zero-order valence-electron chi connectivity index (χ0n) is 9.92. The Hall–Kier alpha value is -2.02. The third-order valence-electron chi connectivity index (χ3n) is 2.68. The number of benzene rings is 1. The summed E-state index contributed by atoms with van der Waals surface area (Å²) in [6.07, 6.45) is 0.0239. The molecule has 8 heteroatoms. The predicted octanol–water partition coefficient (Wildman–Crippen LogP) is 1.70. The summed E-state index contributed by atoms with van der Waals surface area (Å²) in [6.45, 7) is 1.44. The number of carboxylic acid groups (broad SMARTS) is 1. The molecule has 0 spiro atoms. The molecule has 1 aromatic carbocycles. The Morgan fingerprint density at radius 2 is 2.32 bits per heavy atom. The van der Waals surface area contributed by atoms with Gasteiger partial charge in [-0.25, -0.2) is 13.9 Å². The lowest BCUT2D eigenvalue weighted by molar-refractivity contribution is -0.140. The maximum atomic E-state index is 13.7. The molecule has 100 valence electrons. The van der Waals surface area contributed by atoms with Crippen LogP contribution in [0.2, 0.25) is 5.02 Å². The fourth-order valence-electron chi connectivity index (χ4n) is 1.59. The van der Waals surface area contributed by atoms with Crippen LogP contribution in [0.1, 0.15) is 24.4 Å². The molecule has 19 heavy (non-hydrogen) atoms. The van der Waals surface area contributed by atoms with E-state index in [-0.39, 0.29) is 22.8 Å². The SMILES string of the molecule is CC(C(=O)O)n1nnnc1Cc1c(F)cccc1Cl. The molecule has 0 fully saturated rings. The van der Waals surface area contributed by atoms with Crippen molar-refractivity contribution in [3.63, 3.8) is 0 Å². The van der Waals surface area contributed by atoms with Crippen LogP contribution < -0.4 is 0 Å². The fourth-order valence-corrected chi connectivity index (χ4v) is 1.82. The predicted molar refractivity (Wildman–Crippen MR) is 64.4 cm³/mol. The Bertz CT molecular complexity index is 596. The summed E-state index contributed by atoms with van der Waals surface area (Å²) in [5.41, 5.74) is 0.234. The molecule has 1 heterocycles. The molecule has 0 aliphatic rings. The maximum absolute atomic E-state index is 13.7. The lowest BCUT2D eigenvalue weighted by atomic mass is 10.1. The van der Waals surface area contributed by atoms with E-state index in [1.54, 1.807) is 6.07 Å². The standard InChI is InChI=1S/C11H10ClFN4O2/c1-6(11(18)19)17-10(14-15-16-17)5-7-8(12)3-2-4-9(7)13/h2-4,6H,5H2,1H3,(H,18,19). The van der Waals surface area contributed by atoms with Gasteiger partial charge < -0.3 is 5.11 Å². The molecule has 0 saturated carbocycles. The second kappa shape index (κ2) is 5.31. The summed E-state index contributed by atoms with van der Waals surface area (Å²) in [5.74, 6) is -1.32. The fraction of sp³-hybridized carbons (Fsp3) is 0.273. The molecule has 1 N–H and O–H groups in total. The summed E-state index contributed by atoms with van der Waals surface area (Å²) in [7, 11) is 0. The van der Waals surface area contributed by atoms with Crippen LogP contribution in [0.25, 0.3) is 0 Å². The Balaban J connectivity index is 2.35. The van der Waals surface area contributed by atoms with Crippen LogP contribution in [0, 0.1) is 5.82 Å². The van der Waals surface area contributed by atoms with Crippen molar-refractivity contribution in [3.05, 3.63) is 40.4 Å². The first-order chi connectivity index (χ1) is 9.00. The van der Waals surface area contributed by atoms with Crippen molar-refractivity contribution in [1.82, 2.24) is 20.2 Å². The number of rotatable bonds is 4. The number of halogens is 2. The smallest absolute Gasteiger partial charge is 0.328 e. The number of aromatic nitrogens is 4. The van der Waals surface area contributed by atoms with Gasteiger partial charge in [0.05, 0.1) is 0 Å². The second-order valence-corrected chi connectivity index (χ2v) is 4.34. The average molecular weight is 285 g/mol. The average Bonchev–Trinajstić information content (AvgIpc) is 2.81. The van der Waals surface area contributed by atoms with Gasteiger partial charge in [-0.15, -0.1) is 5.10 Å². The molecule has 2 rings (SSSR count). The van der Waals surface area contributed by atoms with E-state index in [1.165, 1.54) is 19.1 Å². The number of hydrogen-bond acceptors (Lipinski definition) is 4. The van der Waals surface area contributed by atoms with E-state index in [1.807, 2.05) is 0 Å². The number of aliphatic carboxylic acids is 1. The van der Waals surface area contributed by atoms with E-state index >= 15 is 0 Å². The molecule has 0 amide bonds. The lowest BCUT2D eigenvalue weighted by Crippen LogP contribution is -2.19. The van der Waals surface area contributed by atoms with Gasteiger partial charge in [-0.1, -0.05) is 17.7 Å². The molecule has 2 aromatic rings. The zero-order valence-corrected chi connectivity index (χ0v) is 10.7. The van der Waals surface area contributed by atoms with E-state index < -0.39 is 17.8 Å². The van der Waals surface area contributed by atoms with Crippen LogP contribution in [0.3, 0.4) is 0 Å². The van der Waals surface area contributed by atoms with Crippen molar-refractivity contribution in [1.29, 1.82) is 0 Å². The summed E-state index contributed by atoms with van der Waals surface area (Å²) in [6, 6.07) is 3.38. The van der Waals surface area contributed by atoms with Crippen molar-refractivity contribution in [2.24, 2.45) is 0 Å². The van der Waals surface area contributed by atoms with Crippen LogP contribution in [0.4, 0.5) is 4.39 Å². The molecular formula is C11H10ClFN4O2. The Morgan fingerprint density at radius 3 is 2.95 bits per heavy atom. The highest BCUT2D eigenvalue weighted by Crippen LogP contribution is 2.22. The van der Waals surface area contributed by atoms with Crippen LogP contribution >= 0.6 is 11.6 Å². The van der Waals surface area contributed by atoms with Gasteiger partial charge in [-0.05, 0) is 29.5 Å². The normalized spacial score (nSPS) is 12.4. The van der Waals surface area contributed by atoms with Crippen molar-refractivity contribution in [2.45, 2.75) is 19.4 Å². The summed E-state index contributed by atoms with van der Waals surface area (Å²) in [5, 5.41) is 19.9. The highest BCUT2D eigenvalue weighted by Gasteiger charge is 2.20. The van der Waals surface area contributed by atoms with Crippen molar-refractivity contribution in [2.75, 3.05) is 0 Å². The van der Waals surface area contributed by atoms with E-state index in [4.69, 9.17) is 16.7 Å². The first kappa shape index (κ1) is 13.4. The van der Waals surface area contributed by atoms with Crippen molar-refractivity contribution >= 4 is 17.6 Å². The molecular weight excluding hydrogens is 275 g/mol. The van der Waals surface area contributed by atoms with E-state index in [2.05, 4.69) is 15.5 Å². The third-order valence-corrected chi connectivity index (χ3v) is 3.04. The van der Waals surface area contributed by atoms with E-state index in [0.717, 1.165) is 4.68 Å². The summed E-state index contributed by atoms with van der Waals surface area (Å²) in [4.78, 5) is 10.9. The summed E-state index contributed by atoms with van der Waals surface area (Å²) >= 11 is 5.91. The zero-order chi connectivity index (χ0) is 14.0. The number of nitrogens with zero attached hydrogens (tertiary/aromatic N) is 4. The molecule has 0 aliphatic heterocycles.